The second-order valence-corrected chi connectivity index (χ2v) is 6.82. The van der Waals surface area contributed by atoms with Crippen molar-refractivity contribution in [2.45, 2.75) is 31.7 Å². The molecule has 6 heteroatoms. The third kappa shape index (κ3) is 4.62. The molecule has 0 fully saturated rings. The van der Waals surface area contributed by atoms with Gasteiger partial charge >= 0.3 is 0 Å². The first kappa shape index (κ1) is 19.7. The lowest BCUT2D eigenvalue weighted by Crippen LogP contribution is -2.36. The molecule has 1 heterocycles. The molecule has 0 unspecified atom stereocenters. The number of aliphatic hydroxyl groups excluding tert-OH is 3. The molecule has 2 aromatic carbocycles. The number of ether oxygens (including phenoxy) is 2. The molecule has 0 aliphatic carbocycles. The van der Waals surface area contributed by atoms with Gasteiger partial charge in [-0.2, -0.15) is 0 Å². The van der Waals surface area contributed by atoms with Crippen molar-refractivity contribution in [2.75, 3.05) is 13.2 Å². The van der Waals surface area contributed by atoms with E-state index in [1.807, 2.05) is 37.3 Å². The van der Waals surface area contributed by atoms with E-state index in [-0.39, 0.29) is 12.4 Å². The molecule has 3 N–H and O–H groups in total. The highest BCUT2D eigenvalue weighted by Crippen LogP contribution is 2.33. The predicted octanol–water partition coefficient (Wildman–Crippen LogP) is 3.00. The lowest BCUT2D eigenvalue weighted by Gasteiger charge is -2.32. The van der Waals surface area contributed by atoms with Crippen LogP contribution >= 0.6 is 11.6 Å². The van der Waals surface area contributed by atoms with Gasteiger partial charge in [0.15, 0.2) is 6.10 Å². The molecule has 1 aliphatic heterocycles. The zero-order valence-electron chi connectivity index (χ0n) is 15.0. The van der Waals surface area contributed by atoms with E-state index in [0.29, 0.717) is 23.6 Å². The van der Waals surface area contributed by atoms with Crippen molar-refractivity contribution in [1.29, 1.82) is 0 Å². The Labute approximate surface area is 163 Å². The van der Waals surface area contributed by atoms with Crippen LogP contribution in [-0.4, -0.2) is 40.7 Å². The molecule has 0 saturated heterocycles. The molecule has 144 valence electrons. The van der Waals surface area contributed by atoms with Crippen LogP contribution in [0.1, 0.15) is 29.7 Å². The summed E-state index contributed by atoms with van der Waals surface area (Å²) < 4.78 is 11.1. The minimum Gasteiger partial charge on any atom is -0.494 e. The third-order valence-electron chi connectivity index (χ3n) is 4.48. The first-order valence-corrected chi connectivity index (χ1v) is 9.24. The molecule has 0 bridgehead atoms. The molecule has 27 heavy (non-hydrogen) atoms. The maximum absolute atomic E-state index is 10.3. The van der Waals surface area contributed by atoms with Crippen LogP contribution in [0.3, 0.4) is 0 Å². The van der Waals surface area contributed by atoms with Crippen molar-refractivity contribution in [3.05, 3.63) is 76.0 Å². The predicted molar refractivity (Wildman–Crippen MR) is 103 cm³/mol. The van der Waals surface area contributed by atoms with Gasteiger partial charge in [0.2, 0.25) is 0 Å². The molecule has 3 rings (SSSR count). The molecular weight excluding hydrogens is 368 g/mol. The quantitative estimate of drug-likeness (QED) is 0.706. The Kier molecular flexibility index (Phi) is 6.39. The highest BCUT2D eigenvalue weighted by atomic mass is 35.5. The van der Waals surface area contributed by atoms with Gasteiger partial charge in [0, 0.05) is 5.02 Å². The molecule has 0 amide bonds. The molecular formula is C21H23ClO5. The van der Waals surface area contributed by atoms with Crippen molar-refractivity contribution in [3.63, 3.8) is 0 Å². The average molecular weight is 391 g/mol. The molecule has 0 aromatic heterocycles. The average Bonchev–Trinajstić information content (AvgIpc) is 2.67. The minimum atomic E-state index is -1.13. The summed E-state index contributed by atoms with van der Waals surface area (Å²) >= 11 is 6.36. The van der Waals surface area contributed by atoms with E-state index in [0.717, 1.165) is 16.9 Å². The lowest BCUT2D eigenvalue weighted by molar-refractivity contribution is -0.0807. The summed E-state index contributed by atoms with van der Waals surface area (Å²) in [7, 11) is 0. The smallest absolute Gasteiger partial charge is 0.152 e. The number of benzene rings is 2. The zero-order chi connectivity index (χ0) is 19.4. The number of halogens is 1. The Balaban J connectivity index is 1.83. The summed E-state index contributed by atoms with van der Waals surface area (Å²) in [5.74, 6) is 1.05. The monoisotopic (exact) mass is 390 g/mol. The zero-order valence-corrected chi connectivity index (χ0v) is 15.8. The second kappa shape index (κ2) is 8.76. The summed E-state index contributed by atoms with van der Waals surface area (Å²) in [6.45, 7) is 2.22. The highest BCUT2D eigenvalue weighted by Gasteiger charge is 2.33. The van der Waals surface area contributed by atoms with E-state index in [4.69, 9.17) is 21.1 Å². The van der Waals surface area contributed by atoms with E-state index >= 15 is 0 Å². The van der Waals surface area contributed by atoms with E-state index in [1.165, 1.54) is 6.08 Å². The first-order chi connectivity index (χ1) is 13.0. The Hall–Kier alpha value is -2.05. The van der Waals surface area contributed by atoms with Gasteiger partial charge in [-0.3, -0.25) is 0 Å². The Morgan fingerprint density at radius 3 is 2.52 bits per heavy atom. The first-order valence-electron chi connectivity index (χ1n) is 8.86. The van der Waals surface area contributed by atoms with E-state index in [9.17, 15) is 15.3 Å². The van der Waals surface area contributed by atoms with Gasteiger partial charge in [0.05, 0.1) is 6.61 Å². The van der Waals surface area contributed by atoms with Gasteiger partial charge < -0.3 is 24.8 Å². The van der Waals surface area contributed by atoms with Crippen molar-refractivity contribution in [3.8, 4) is 5.75 Å². The summed E-state index contributed by atoms with van der Waals surface area (Å²) in [4.78, 5) is 0. The Morgan fingerprint density at radius 2 is 1.85 bits per heavy atom. The number of hydrogen-bond acceptors (Lipinski definition) is 5. The maximum Gasteiger partial charge on any atom is 0.152 e. The minimum absolute atomic E-state index is 0.237. The van der Waals surface area contributed by atoms with Crippen LogP contribution in [0.4, 0.5) is 0 Å². The van der Waals surface area contributed by atoms with Crippen LogP contribution in [-0.2, 0) is 11.2 Å². The Bertz CT molecular complexity index is 803. The SMILES string of the molecule is CCOc1ccc(Cc2cc([C@@H]3OC(CO)=C[C@H](O)[C@H]3O)ccc2Cl)cc1. The molecule has 1 aliphatic rings. The molecule has 0 spiro atoms. The van der Waals surface area contributed by atoms with Gasteiger partial charge in [-0.1, -0.05) is 35.9 Å². The number of rotatable bonds is 6. The van der Waals surface area contributed by atoms with Crippen molar-refractivity contribution < 1.29 is 24.8 Å². The molecule has 0 radical (unpaired) electrons. The van der Waals surface area contributed by atoms with Crippen molar-refractivity contribution in [2.24, 2.45) is 0 Å². The second-order valence-electron chi connectivity index (χ2n) is 6.42. The largest absolute Gasteiger partial charge is 0.494 e. The fourth-order valence-corrected chi connectivity index (χ4v) is 3.28. The van der Waals surface area contributed by atoms with Gasteiger partial charge in [0.1, 0.15) is 30.3 Å². The summed E-state index contributed by atoms with van der Waals surface area (Å²) in [5.41, 5.74) is 2.63. The number of hydrogen-bond donors (Lipinski definition) is 3. The summed E-state index contributed by atoms with van der Waals surface area (Å²) in [6, 6.07) is 13.2. The van der Waals surface area contributed by atoms with Crippen LogP contribution in [0.2, 0.25) is 5.02 Å². The van der Waals surface area contributed by atoms with Crippen LogP contribution in [0, 0.1) is 0 Å². The van der Waals surface area contributed by atoms with Crippen molar-refractivity contribution >= 4 is 11.6 Å². The van der Waals surface area contributed by atoms with E-state index in [2.05, 4.69) is 0 Å². The lowest BCUT2D eigenvalue weighted by atomic mass is 9.94. The Morgan fingerprint density at radius 1 is 1.11 bits per heavy atom. The topological polar surface area (TPSA) is 79.2 Å². The van der Waals surface area contributed by atoms with Crippen molar-refractivity contribution in [1.82, 2.24) is 0 Å². The van der Waals surface area contributed by atoms with Crippen LogP contribution in [0.5, 0.6) is 5.75 Å². The van der Waals surface area contributed by atoms with Gasteiger partial charge in [-0.05, 0) is 54.3 Å². The highest BCUT2D eigenvalue weighted by molar-refractivity contribution is 6.31. The third-order valence-corrected chi connectivity index (χ3v) is 4.85. The van der Waals surface area contributed by atoms with Gasteiger partial charge in [-0.15, -0.1) is 0 Å². The van der Waals surface area contributed by atoms with Crippen LogP contribution < -0.4 is 4.74 Å². The molecule has 3 atom stereocenters. The summed E-state index contributed by atoms with van der Waals surface area (Å²) in [6.07, 6.45) is -1.08. The van der Waals surface area contributed by atoms with Gasteiger partial charge in [0.25, 0.3) is 0 Å². The molecule has 0 saturated carbocycles. The van der Waals surface area contributed by atoms with Gasteiger partial charge in [-0.25, -0.2) is 0 Å². The van der Waals surface area contributed by atoms with Crippen LogP contribution in [0.25, 0.3) is 0 Å². The van der Waals surface area contributed by atoms with E-state index < -0.39 is 18.3 Å². The maximum atomic E-state index is 10.3. The fraction of sp³-hybridized carbons (Fsp3) is 0.333. The fourth-order valence-electron chi connectivity index (χ4n) is 3.09. The standard InChI is InChI=1S/C21H23ClO5/c1-2-26-16-6-3-13(4-7-16)9-15-10-14(5-8-18(15)22)21-20(25)19(24)11-17(12-23)27-21/h3-8,10-11,19-21,23-25H,2,9,12H2,1H3/t19-,20+,21-/m0/s1. The van der Waals surface area contributed by atoms with Crippen LogP contribution in [0.15, 0.2) is 54.3 Å². The molecule has 2 aromatic rings. The van der Waals surface area contributed by atoms with E-state index in [1.54, 1.807) is 12.1 Å². The normalized spacial score (nSPS) is 22.1. The summed E-state index contributed by atoms with van der Waals surface area (Å²) in [5, 5.41) is 30.2. The number of aliphatic hydroxyl groups is 3. The molecule has 5 nitrogen and oxygen atoms in total.